The molecule has 7 heteroatoms. The molecule has 1 atom stereocenters. The van der Waals surface area contributed by atoms with Gasteiger partial charge in [-0.25, -0.2) is 0 Å². The third-order valence-electron chi connectivity index (χ3n) is 4.08. The van der Waals surface area contributed by atoms with Crippen molar-refractivity contribution in [1.29, 1.82) is 0 Å². The lowest BCUT2D eigenvalue weighted by Crippen LogP contribution is -2.41. The quantitative estimate of drug-likeness (QED) is 0.843. The van der Waals surface area contributed by atoms with E-state index in [2.05, 4.69) is 10.6 Å². The zero-order valence-corrected chi connectivity index (χ0v) is 15.2. The minimum atomic E-state index is -0.141. The molecule has 2 N–H and O–H groups in total. The number of carbonyl (C=O) groups excluding carboxylic acids is 2. The molecule has 1 heterocycles. The second kappa shape index (κ2) is 9.61. The summed E-state index contributed by atoms with van der Waals surface area (Å²) in [7, 11) is 1.82. The highest BCUT2D eigenvalue weighted by Crippen LogP contribution is 2.21. The average Bonchev–Trinajstić information content (AvgIpc) is 2.57. The summed E-state index contributed by atoms with van der Waals surface area (Å²) in [5, 5.41) is 5.91. The van der Waals surface area contributed by atoms with Crippen molar-refractivity contribution in [3.63, 3.8) is 0 Å². The van der Waals surface area contributed by atoms with Gasteiger partial charge in [-0.2, -0.15) is 0 Å². The number of ether oxygens (including phenoxy) is 1. The Hall–Kier alpha value is -1.63. The smallest absolute Gasteiger partial charge is 0.254 e. The summed E-state index contributed by atoms with van der Waals surface area (Å²) in [5.41, 5.74) is 2.12. The maximum absolute atomic E-state index is 12.6. The number of benzene rings is 1. The fourth-order valence-corrected chi connectivity index (χ4v) is 2.59. The normalized spacial score (nSPS) is 15.4. The Bertz CT molecular complexity index is 574. The second-order valence-corrected chi connectivity index (χ2v) is 5.83. The van der Waals surface area contributed by atoms with Crippen LogP contribution in [0.2, 0.25) is 0 Å². The Morgan fingerprint density at radius 3 is 2.58 bits per heavy atom. The van der Waals surface area contributed by atoms with Crippen LogP contribution < -0.4 is 10.6 Å². The van der Waals surface area contributed by atoms with E-state index in [1.807, 2.05) is 27.0 Å². The third-order valence-corrected chi connectivity index (χ3v) is 4.08. The molecule has 0 radical (unpaired) electrons. The molecule has 1 fully saturated rings. The van der Waals surface area contributed by atoms with Crippen LogP contribution >= 0.6 is 12.4 Å². The van der Waals surface area contributed by atoms with Gasteiger partial charge in [0, 0.05) is 36.8 Å². The lowest BCUT2D eigenvalue weighted by molar-refractivity contribution is -0.119. The van der Waals surface area contributed by atoms with Crippen molar-refractivity contribution in [1.82, 2.24) is 10.2 Å². The van der Waals surface area contributed by atoms with E-state index in [0.29, 0.717) is 44.1 Å². The highest BCUT2D eigenvalue weighted by molar-refractivity contribution is 5.99. The number of hydrogen-bond donors (Lipinski definition) is 2. The van der Waals surface area contributed by atoms with Gasteiger partial charge < -0.3 is 20.3 Å². The molecule has 134 valence electrons. The van der Waals surface area contributed by atoms with Gasteiger partial charge >= 0.3 is 0 Å². The number of nitrogens with one attached hydrogen (secondary N) is 2. The first-order valence-corrected chi connectivity index (χ1v) is 7.96. The number of anilines is 1. The summed E-state index contributed by atoms with van der Waals surface area (Å²) >= 11 is 0. The van der Waals surface area contributed by atoms with Crippen LogP contribution in [0.15, 0.2) is 18.2 Å². The van der Waals surface area contributed by atoms with Crippen LogP contribution in [0.1, 0.15) is 22.8 Å². The Labute approximate surface area is 149 Å². The molecule has 0 spiro atoms. The minimum Gasteiger partial charge on any atom is -0.378 e. The summed E-state index contributed by atoms with van der Waals surface area (Å²) in [6, 6.07) is 5.44. The van der Waals surface area contributed by atoms with Crippen LogP contribution in [0, 0.1) is 12.8 Å². The van der Waals surface area contributed by atoms with Gasteiger partial charge in [0.25, 0.3) is 5.91 Å². The topological polar surface area (TPSA) is 70.7 Å². The number of amides is 2. The maximum Gasteiger partial charge on any atom is 0.254 e. The number of nitrogens with zero attached hydrogens (tertiary/aromatic N) is 1. The van der Waals surface area contributed by atoms with Crippen molar-refractivity contribution in [2.75, 3.05) is 45.2 Å². The van der Waals surface area contributed by atoms with Crippen LogP contribution in [0.4, 0.5) is 5.69 Å². The number of carbonyl (C=O) groups is 2. The summed E-state index contributed by atoms with van der Waals surface area (Å²) in [6.07, 6.45) is 0. The van der Waals surface area contributed by atoms with Crippen molar-refractivity contribution < 1.29 is 14.3 Å². The lowest BCUT2D eigenvalue weighted by Gasteiger charge is -2.27. The summed E-state index contributed by atoms with van der Waals surface area (Å²) in [6.45, 7) is 6.70. The molecule has 6 nitrogen and oxygen atoms in total. The Kier molecular flexibility index (Phi) is 8.18. The number of halogens is 1. The second-order valence-electron chi connectivity index (χ2n) is 5.83. The van der Waals surface area contributed by atoms with E-state index in [1.165, 1.54) is 0 Å². The molecule has 0 saturated carbocycles. The molecule has 1 aromatic rings. The van der Waals surface area contributed by atoms with Gasteiger partial charge in [-0.3, -0.25) is 9.59 Å². The Morgan fingerprint density at radius 1 is 1.29 bits per heavy atom. The van der Waals surface area contributed by atoms with E-state index in [-0.39, 0.29) is 30.1 Å². The molecule has 2 rings (SSSR count). The van der Waals surface area contributed by atoms with Gasteiger partial charge in [-0.15, -0.1) is 12.4 Å². The molecule has 0 bridgehead atoms. The third kappa shape index (κ3) is 4.93. The standard InChI is InChI=1S/C17H25N3O3.ClH/c1-12(11-18-3)16(21)19-15-6-4-5-14(13(15)2)17(22)20-7-9-23-10-8-20;/h4-6,12,18H,7-11H2,1-3H3,(H,19,21);1H. The molecule has 24 heavy (non-hydrogen) atoms. The molecule has 2 amide bonds. The lowest BCUT2D eigenvalue weighted by atomic mass is 10.0. The maximum atomic E-state index is 12.6. The fourth-order valence-electron chi connectivity index (χ4n) is 2.59. The molecular formula is C17H26ClN3O3. The van der Waals surface area contributed by atoms with Crippen LogP contribution in [0.5, 0.6) is 0 Å². The Morgan fingerprint density at radius 2 is 1.96 bits per heavy atom. The van der Waals surface area contributed by atoms with Gasteiger partial charge in [-0.05, 0) is 31.7 Å². The molecule has 1 unspecified atom stereocenters. The van der Waals surface area contributed by atoms with E-state index >= 15 is 0 Å². The summed E-state index contributed by atoms with van der Waals surface area (Å²) in [4.78, 5) is 26.6. The zero-order valence-electron chi connectivity index (χ0n) is 14.4. The van der Waals surface area contributed by atoms with Gasteiger partial charge in [0.2, 0.25) is 5.91 Å². The van der Waals surface area contributed by atoms with E-state index in [1.54, 1.807) is 17.0 Å². The van der Waals surface area contributed by atoms with Gasteiger partial charge in [0.1, 0.15) is 0 Å². The van der Waals surface area contributed by atoms with Crippen molar-refractivity contribution in [2.45, 2.75) is 13.8 Å². The van der Waals surface area contributed by atoms with Gasteiger partial charge in [0.15, 0.2) is 0 Å². The first-order chi connectivity index (χ1) is 11.0. The Balaban J connectivity index is 0.00000288. The van der Waals surface area contributed by atoms with Gasteiger partial charge in [-0.1, -0.05) is 13.0 Å². The largest absolute Gasteiger partial charge is 0.378 e. The predicted molar refractivity (Wildman–Crippen MR) is 96.9 cm³/mol. The van der Waals surface area contributed by atoms with Crippen molar-refractivity contribution in [2.24, 2.45) is 5.92 Å². The van der Waals surface area contributed by atoms with E-state index in [0.717, 1.165) is 5.56 Å². The minimum absolute atomic E-state index is 0. The van der Waals surface area contributed by atoms with E-state index < -0.39 is 0 Å². The molecular weight excluding hydrogens is 330 g/mol. The van der Waals surface area contributed by atoms with Crippen molar-refractivity contribution in [3.8, 4) is 0 Å². The number of rotatable bonds is 5. The summed E-state index contributed by atoms with van der Waals surface area (Å²) in [5.74, 6) is -0.207. The van der Waals surface area contributed by atoms with E-state index in [9.17, 15) is 9.59 Å². The van der Waals surface area contributed by atoms with Crippen LogP contribution in [0.3, 0.4) is 0 Å². The highest BCUT2D eigenvalue weighted by Gasteiger charge is 2.21. The average molecular weight is 356 g/mol. The predicted octanol–water partition coefficient (Wildman–Crippen LogP) is 1.68. The highest BCUT2D eigenvalue weighted by atomic mass is 35.5. The van der Waals surface area contributed by atoms with Crippen LogP contribution in [0.25, 0.3) is 0 Å². The first kappa shape index (κ1) is 20.4. The molecule has 1 aliphatic heterocycles. The molecule has 0 aromatic heterocycles. The molecule has 1 saturated heterocycles. The first-order valence-electron chi connectivity index (χ1n) is 7.96. The molecule has 1 aromatic carbocycles. The number of hydrogen-bond acceptors (Lipinski definition) is 4. The zero-order chi connectivity index (χ0) is 16.8. The summed E-state index contributed by atoms with van der Waals surface area (Å²) < 4.78 is 5.28. The van der Waals surface area contributed by atoms with Crippen molar-refractivity contribution in [3.05, 3.63) is 29.3 Å². The van der Waals surface area contributed by atoms with Crippen LogP contribution in [-0.4, -0.2) is 56.6 Å². The molecule has 0 aliphatic carbocycles. The van der Waals surface area contributed by atoms with Crippen LogP contribution in [-0.2, 0) is 9.53 Å². The van der Waals surface area contributed by atoms with E-state index in [4.69, 9.17) is 4.74 Å². The SMILES string of the molecule is CNCC(C)C(=O)Nc1cccc(C(=O)N2CCOCC2)c1C.Cl. The molecule has 1 aliphatic rings. The number of morpholine rings is 1. The fraction of sp³-hybridized carbons (Fsp3) is 0.529. The monoisotopic (exact) mass is 355 g/mol. The van der Waals surface area contributed by atoms with Crippen molar-refractivity contribution >= 4 is 29.9 Å². The van der Waals surface area contributed by atoms with Gasteiger partial charge in [0.05, 0.1) is 13.2 Å².